The van der Waals surface area contributed by atoms with E-state index in [9.17, 15) is 0 Å². The summed E-state index contributed by atoms with van der Waals surface area (Å²) in [7, 11) is 20.1. The molecule has 19 heteroatoms. The van der Waals surface area contributed by atoms with Gasteiger partial charge in [-0.15, -0.1) is 5.11 Å². The van der Waals surface area contributed by atoms with Crippen LogP contribution in [0.3, 0.4) is 0 Å². The number of hydrogen-bond acceptors (Lipinski definition) is 12. The number of halogens is 2. The van der Waals surface area contributed by atoms with Crippen LogP contribution >= 0.6 is 11.3 Å². The summed E-state index contributed by atoms with van der Waals surface area (Å²) in [6.45, 7) is 0. The van der Waals surface area contributed by atoms with Crippen LogP contribution in [0.5, 0.6) is 11.5 Å². The minimum atomic E-state index is 0. The van der Waals surface area contributed by atoms with Crippen molar-refractivity contribution in [2.24, 2.45) is 62.3 Å². The molecule has 0 amide bonds. The summed E-state index contributed by atoms with van der Waals surface area (Å²) < 4.78 is 16.3. The largest absolute Gasteiger partial charge is 1.00 e. The van der Waals surface area contributed by atoms with E-state index >= 15 is 0 Å². The minimum absolute atomic E-state index is 0. The predicted octanol–water partition coefficient (Wildman–Crippen LogP) is 1.10. The molecule has 0 N–H and O–H groups in total. The third-order valence-corrected chi connectivity index (χ3v) is 6.94. The number of hydrogen-bond donors (Lipinski definition) is 0. The summed E-state index contributed by atoms with van der Waals surface area (Å²) >= 11 is 1.48. The van der Waals surface area contributed by atoms with E-state index in [0.717, 1.165) is 22.3 Å². The molecule has 16 nitrogen and oxygen atoms in total. The molecule has 2 aromatic heterocycles. The molecule has 0 bridgehead atoms. The van der Waals surface area contributed by atoms with E-state index in [2.05, 4.69) is 41.1 Å². The highest BCUT2D eigenvalue weighted by Crippen LogP contribution is 2.40. The minimum Gasteiger partial charge on any atom is -1.00 e. The first kappa shape index (κ1) is 44.3. The van der Waals surface area contributed by atoms with Gasteiger partial charge in [0, 0.05) is 80.7 Å². The van der Waals surface area contributed by atoms with Gasteiger partial charge in [0.25, 0.3) is 0 Å². The van der Waals surface area contributed by atoms with Gasteiger partial charge in [-0.1, -0.05) is 34.2 Å². The van der Waals surface area contributed by atoms with Crippen LogP contribution in [-0.2, 0) is 21.1 Å². The van der Waals surface area contributed by atoms with Gasteiger partial charge in [-0.3, -0.25) is 10.0 Å². The van der Waals surface area contributed by atoms with E-state index in [1.54, 1.807) is 50.5 Å². The van der Waals surface area contributed by atoms with Crippen molar-refractivity contribution in [1.82, 2.24) is 14.6 Å². The van der Waals surface area contributed by atoms with Crippen molar-refractivity contribution in [3.8, 4) is 11.5 Å². The fourth-order valence-corrected chi connectivity index (χ4v) is 4.33. The van der Waals surface area contributed by atoms with Crippen LogP contribution < -0.4 is 48.3 Å². The van der Waals surface area contributed by atoms with Crippen molar-refractivity contribution in [3.63, 3.8) is 0 Å². The Kier molecular flexibility index (Phi) is 19.2. The molecule has 4 aromatic rings. The molecule has 0 saturated heterocycles. The van der Waals surface area contributed by atoms with Gasteiger partial charge >= 0.3 is 16.9 Å². The van der Waals surface area contributed by atoms with E-state index in [4.69, 9.17) is 9.47 Å². The maximum Gasteiger partial charge on any atom is 0.421 e. The molecule has 0 unspecified atom stereocenters. The second-order valence-electron chi connectivity index (χ2n) is 10.3. The zero-order valence-corrected chi connectivity index (χ0v) is 31.3. The second-order valence-corrected chi connectivity index (χ2v) is 11.2. The lowest BCUT2D eigenvalue weighted by Crippen LogP contribution is -3.00. The van der Waals surface area contributed by atoms with Crippen molar-refractivity contribution in [2.75, 3.05) is 61.4 Å². The Morgan fingerprint density at radius 2 is 1.29 bits per heavy atom. The van der Waals surface area contributed by atoms with Gasteiger partial charge in [-0.25, -0.2) is 13.7 Å². The molecule has 0 fully saturated rings. The number of nitrogens with zero attached hydrogens (tertiary/aromatic N) is 14. The Labute approximate surface area is 304 Å². The molecule has 0 spiro atoms. The van der Waals surface area contributed by atoms with Gasteiger partial charge in [-0.2, -0.15) is 0 Å². The summed E-state index contributed by atoms with van der Waals surface area (Å²) in [6, 6.07) is 11.3. The van der Waals surface area contributed by atoms with Crippen LogP contribution in [0.1, 0.15) is 7.43 Å². The zero-order chi connectivity index (χ0) is 33.8. The molecule has 0 atom stereocenters. The highest BCUT2D eigenvalue weighted by atomic mass is 35.5. The number of benzene rings is 2. The van der Waals surface area contributed by atoms with Gasteiger partial charge in [0.2, 0.25) is 0 Å². The normalized spacial score (nSPS) is 10.8. The molecule has 2 aromatic carbocycles. The molecule has 0 aliphatic carbocycles. The third-order valence-electron chi connectivity index (χ3n) is 6.05. The maximum atomic E-state index is 5.38. The molecule has 2 heterocycles. The Morgan fingerprint density at radius 1 is 0.735 bits per heavy atom. The first-order chi connectivity index (χ1) is 21.9. The summed E-state index contributed by atoms with van der Waals surface area (Å²) in [6.07, 6.45) is 3.80. The molecule has 4 rings (SSSR count). The number of anilines is 1. The molecular formula is C30H46Cl2N14O2S. The van der Waals surface area contributed by atoms with E-state index < -0.39 is 0 Å². The third kappa shape index (κ3) is 13.0. The van der Waals surface area contributed by atoms with Crippen LogP contribution in [0.4, 0.5) is 39.6 Å². The number of thiazole rings is 1. The Morgan fingerprint density at radius 3 is 1.78 bits per heavy atom. The van der Waals surface area contributed by atoms with Crippen molar-refractivity contribution < 1.29 is 43.4 Å². The Hall–Kier alpha value is -4.74. The van der Waals surface area contributed by atoms with Crippen LogP contribution in [0.2, 0.25) is 0 Å². The average molecular weight is 738 g/mol. The predicted molar refractivity (Wildman–Crippen MR) is 184 cm³/mol. The molecule has 49 heavy (non-hydrogen) atoms. The van der Waals surface area contributed by atoms with Crippen molar-refractivity contribution in [1.29, 1.82) is 0 Å². The highest BCUT2D eigenvalue weighted by molar-refractivity contribution is 7.13. The van der Waals surface area contributed by atoms with Gasteiger partial charge in [0.1, 0.15) is 28.6 Å². The van der Waals surface area contributed by atoms with Crippen molar-refractivity contribution >= 4 is 51.0 Å². The fourth-order valence-electron chi connectivity index (χ4n) is 3.58. The lowest BCUT2D eigenvalue weighted by Gasteiger charge is -2.11. The molecule has 0 aliphatic heterocycles. The standard InChI is InChI=1S/C15H22N7O2.C14H20N7S.CH4.2ClH/c1-20(2)19-17-12-10-13(23-5)11(9-14(12)24-6)16-18-15-21(3)7-8-22(15)4;1-19(2)12-8-6-11(7-9-12)15-17-14-21(5)13(10-22-14)16-18-20(3)4;;;/h7-10H,1-6H3;6-10H,1-5H3;1H4;2*1H/q2*+1;;;/p-2. The van der Waals surface area contributed by atoms with Crippen molar-refractivity contribution in [2.45, 2.75) is 7.43 Å². The van der Waals surface area contributed by atoms with Crippen LogP contribution in [0.15, 0.2) is 95.3 Å². The smallest absolute Gasteiger partial charge is 0.421 e. The van der Waals surface area contributed by atoms with Crippen LogP contribution in [0.25, 0.3) is 0 Å². The molecule has 0 saturated carbocycles. The number of aryl methyl sites for hydroxylation is 2. The first-order valence-corrected chi connectivity index (χ1v) is 14.8. The quantitative estimate of drug-likeness (QED) is 0.129. The number of rotatable bonds is 11. The number of aromatic nitrogens is 3. The first-order valence-electron chi connectivity index (χ1n) is 14.0. The average Bonchev–Trinajstić information content (AvgIpc) is 3.55. The van der Waals surface area contributed by atoms with Crippen LogP contribution in [-0.4, -0.2) is 71.1 Å². The fraction of sp³-hybridized carbons (Fsp3) is 0.400. The summed E-state index contributed by atoms with van der Waals surface area (Å²) in [4.78, 5) is 2.04. The molecule has 0 aliphatic rings. The van der Waals surface area contributed by atoms with Gasteiger partial charge in [-0.05, 0) is 24.3 Å². The summed E-state index contributed by atoms with van der Waals surface area (Å²) in [5, 5.41) is 39.2. The number of methoxy groups -OCH3 is 2. The highest BCUT2D eigenvalue weighted by Gasteiger charge is 2.16. The van der Waals surface area contributed by atoms with Gasteiger partial charge in [0.15, 0.2) is 0 Å². The second kappa shape index (κ2) is 21.3. The lowest BCUT2D eigenvalue weighted by atomic mass is 10.2. The van der Waals surface area contributed by atoms with Gasteiger partial charge in [0.05, 0.1) is 53.1 Å². The SMILES string of the molecule is C.CN(C)N=Nc1csc(N=Nc2ccc(N(C)C)cc2)[n+]1C.COc1cc(N=NN(C)C)c(OC)cc1N=Nc1n(C)cc[n+]1C.[Cl-].[Cl-]. The molecule has 268 valence electrons. The Bertz CT molecular complexity index is 1680. The van der Waals surface area contributed by atoms with Crippen LogP contribution in [0, 0.1) is 0 Å². The van der Waals surface area contributed by atoms with Gasteiger partial charge < -0.3 is 39.2 Å². The maximum absolute atomic E-state index is 5.38. The summed E-state index contributed by atoms with van der Waals surface area (Å²) in [5.41, 5.74) is 3.04. The topological polar surface area (TPSA) is 140 Å². The summed E-state index contributed by atoms with van der Waals surface area (Å²) in [5.74, 6) is 2.51. The Balaban J connectivity index is 0.000000889. The number of ether oxygens (including phenoxy) is 2. The van der Waals surface area contributed by atoms with Crippen molar-refractivity contribution in [3.05, 3.63) is 54.2 Å². The van der Waals surface area contributed by atoms with E-state index in [1.165, 1.54) is 11.3 Å². The molecular weight excluding hydrogens is 691 g/mol. The van der Waals surface area contributed by atoms with E-state index in [-0.39, 0.29) is 32.2 Å². The van der Waals surface area contributed by atoms with E-state index in [1.807, 2.05) is 110 Å². The monoisotopic (exact) mass is 736 g/mol. The number of imidazole rings is 1. The zero-order valence-electron chi connectivity index (χ0n) is 28.9. The molecule has 0 radical (unpaired) electrons. The lowest BCUT2D eigenvalue weighted by molar-refractivity contribution is -0.657. The van der Waals surface area contributed by atoms with E-state index in [0.29, 0.717) is 28.8 Å². The number of azo groups is 2.